The molecule has 1 saturated heterocycles. The largest absolute Gasteiger partial charge is 0.465 e. The van der Waals surface area contributed by atoms with Crippen LogP contribution in [0.1, 0.15) is 46.5 Å². The summed E-state index contributed by atoms with van der Waals surface area (Å²) in [5.41, 5.74) is -0.676. The molecule has 0 aromatic carbocycles. The zero-order valence-electron chi connectivity index (χ0n) is 12.1. The lowest BCUT2D eigenvalue weighted by atomic mass is 9.70. The molecule has 0 spiro atoms. The van der Waals surface area contributed by atoms with Gasteiger partial charge >= 0.3 is 12.1 Å². The molecular weight excluding hydrogens is 246 g/mol. The maximum Gasteiger partial charge on any atom is 0.407 e. The van der Waals surface area contributed by atoms with Gasteiger partial charge in [-0.15, -0.1) is 0 Å². The number of carbonyl (C=O) groups excluding carboxylic acids is 1. The summed E-state index contributed by atoms with van der Waals surface area (Å²) in [7, 11) is 0. The van der Waals surface area contributed by atoms with Crippen LogP contribution in [0.2, 0.25) is 0 Å². The number of esters is 1. The Bertz CT molecular complexity index is 331. The summed E-state index contributed by atoms with van der Waals surface area (Å²) in [4.78, 5) is 24.8. The predicted molar refractivity (Wildman–Crippen MR) is 72.0 cm³/mol. The van der Waals surface area contributed by atoms with E-state index in [0.29, 0.717) is 26.0 Å². The van der Waals surface area contributed by atoms with Crippen LogP contribution in [0.4, 0.5) is 4.79 Å². The number of carboxylic acid groups (broad SMARTS) is 1. The standard InChI is InChI=1S/C14H25NO4/c1-4-6-9-19-12(16)14(5-2)10-15(13(17)18)8-7-11(14)3/h11H,4-10H2,1-3H3,(H,17,18). The van der Waals surface area contributed by atoms with E-state index < -0.39 is 11.5 Å². The average molecular weight is 271 g/mol. The van der Waals surface area contributed by atoms with Crippen molar-refractivity contribution in [3.8, 4) is 0 Å². The average Bonchev–Trinajstić information content (AvgIpc) is 2.39. The van der Waals surface area contributed by atoms with E-state index >= 15 is 0 Å². The van der Waals surface area contributed by atoms with E-state index in [1.54, 1.807) is 0 Å². The van der Waals surface area contributed by atoms with E-state index in [9.17, 15) is 9.59 Å². The second-order valence-corrected chi connectivity index (χ2v) is 5.39. The molecule has 0 radical (unpaired) electrons. The van der Waals surface area contributed by atoms with Gasteiger partial charge in [0.1, 0.15) is 0 Å². The molecule has 1 aliphatic rings. The number of ether oxygens (including phenoxy) is 1. The molecular formula is C14H25NO4. The van der Waals surface area contributed by atoms with Crippen molar-refractivity contribution in [2.24, 2.45) is 11.3 Å². The molecule has 2 atom stereocenters. The first-order valence-electron chi connectivity index (χ1n) is 7.13. The van der Waals surface area contributed by atoms with Gasteiger partial charge in [0, 0.05) is 13.1 Å². The molecule has 5 nitrogen and oxygen atoms in total. The van der Waals surface area contributed by atoms with Gasteiger partial charge in [0.2, 0.25) is 0 Å². The minimum absolute atomic E-state index is 0.155. The maximum atomic E-state index is 12.4. The summed E-state index contributed by atoms with van der Waals surface area (Å²) in [6.07, 6.45) is 2.20. The molecule has 1 fully saturated rings. The van der Waals surface area contributed by atoms with Gasteiger partial charge in [-0.3, -0.25) is 4.79 Å². The van der Waals surface area contributed by atoms with Gasteiger partial charge < -0.3 is 14.7 Å². The summed E-state index contributed by atoms with van der Waals surface area (Å²) >= 11 is 0. The smallest absolute Gasteiger partial charge is 0.407 e. The van der Waals surface area contributed by atoms with E-state index in [1.165, 1.54) is 4.90 Å². The second-order valence-electron chi connectivity index (χ2n) is 5.39. The Hall–Kier alpha value is -1.26. The van der Waals surface area contributed by atoms with Crippen LogP contribution >= 0.6 is 0 Å². The molecule has 110 valence electrons. The number of rotatable bonds is 5. The number of hydrogen-bond acceptors (Lipinski definition) is 3. The van der Waals surface area contributed by atoms with Crippen molar-refractivity contribution in [1.82, 2.24) is 4.90 Å². The molecule has 1 N–H and O–H groups in total. The Kier molecular flexibility index (Phi) is 5.63. The Morgan fingerprint density at radius 3 is 2.63 bits per heavy atom. The minimum Gasteiger partial charge on any atom is -0.465 e. The van der Waals surface area contributed by atoms with Gasteiger partial charge in [-0.25, -0.2) is 4.79 Å². The fraction of sp³-hybridized carbons (Fsp3) is 0.857. The normalized spacial score (nSPS) is 27.1. The topological polar surface area (TPSA) is 66.8 Å². The predicted octanol–water partition coefficient (Wildman–Crippen LogP) is 2.75. The molecule has 19 heavy (non-hydrogen) atoms. The van der Waals surface area contributed by atoms with Gasteiger partial charge in [0.15, 0.2) is 0 Å². The van der Waals surface area contributed by atoms with Crippen LogP contribution in [-0.2, 0) is 9.53 Å². The molecule has 0 aromatic rings. The van der Waals surface area contributed by atoms with Crippen LogP contribution in [0.15, 0.2) is 0 Å². The fourth-order valence-electron chi connectivity index (χ4n) is 2.69. The van der Waals surface area contributed by atoms with Gasteiger partial charge in [-0.1, -0.05) is 27.2 Å². The Balaban J connectivity index is 2.79. The lowest BCUT2D eigenvalue weighted by molar-refractivity contribution is -0.163. The van der Waals surface area contributed by atoms with E-state index in [4.69, 9.17) is 9.84 Å². The van der Waals surface area contributed by atoms with E-state index in [-0.39, 0.29) is 18.4 Å². The third-order valence-corrected chi connectivity index (χ3v) is 4.29. The van der Waals surface area contributed by atoms with Crippen molar-refractivity contribution in [2.75, 3.05) is 19.7 Å². The van der Waals surface area contributed by atoms with Crippen molar-refractivity contribution >= 4 is 12.1 Å². The summed E-state index contributed by atoms with van der Waals surface area (Å²) < 4.78 is 5.36. The van der Waals surface area contributed by atoms with E-state index in [0.717, 1.165) is 12.8 Å². The van der Waals surface area contributed by atoms with Crippen molar-refractivity contribution < 1.29 is 19.4 Å². The molecule has 1 amide bonds. The zero-order valence-corrected chi connectivity index (χ0v) is 12.1. The lowest BCUT2D eigenvalue weighted by Gasteiger charge is -2.43. The van der Waals surface area contributed by atoms with Gasteiger partial charge in [-0.05, 0) is 25.2 Å². The molecule has 5 heteroatoms. The van der Waals surface area contributed by atoms with Crippen LogP contribution in [-0.4, -0.2) is 41.8 Å². The molecule has 1 heterocycles. The highest BCUT2D eigenvalue weighted by Crippen LogP contribution is 2.39. The van der Waals surface area contributed by atoms with Gasteiger partial charge in [0.05, 0.1) is 12.0 Å². The van der Waals surface area contributed by atoms with Crippen molar-refractivity contribution in [1.29, 1.82) is 0 Å². The second kappa shape index (κ2) is 6.78. The number of amides is 1. The van der Waals surface area contributed by atoms with Crippen LogP contribution < -0.4 is 0 Å². The lowest BCUT2D eigenvalue weighted by Crippen LogP contribution is -2.54. The monoisotopic (exact) mass is 271 g/mol. The van der Waals surface area contributed by atoms with Crippen molar-refractivity contribution in [3.05, 3.63) is 0 Å². The first-order valence-corrected chi connectivity index (χ1v) is 7.13. The molecule has 0 saturated carbocycles. The number of hydrogen-bond donors (Lipinski definition) is 1. The summed E-state index contributed by atoms with van der Waals surface area (Å²) in [6.45, 7) is 7.17. The number of carbonyl (C=O) groups is 2. The molecule has 0 aliphatic carbocycles. The van der Waals surface area contributed by atoms with Gasteiger partial charge in [0.25, 0.3) is 0 Å². The highest BCUT2D eigenvalue weighted by Gasteiger charge is 2.48. The molecule has 1 rings (SSSR count). The van der Waals surface area contributed by atoms with Crippen molar-refractivity contribution in [2.45, 2.75) is 46.5 Å². The number of piperidine rings is 1. The first-order chi connectivity index (χ1) is 8.97. The summed E-state index contributed by atoms with van der Waals surface area (Å²) in [5, 5.41) is 9.12. The molecule has 0 bridgehead atoms. The Labute approximate surface area is 114 Å². The van der Waals surface area contributed by atoms with E-state index in [1.807, 2.05) is 20.8 Å². The third kappa shape index (κ3) is 3.39. The zero-order chi connectivity index (χ0) is 14.5. The third-order valence-electron chi connectivity index (χ3n) is 4.29. The first kappa shape index (κ1) is 15.8. The number of unbranched alkanes of at least 4 members (excludes halogenated alkanes) is 1. The minimum atomic E-state index is -0.953. The molecule has 2 unspecified atom stereocenters. The highest BCUT2D eigenvalue weighted by molar-refractivity contribution is 5.79. The van der Waals surface area contributed by atoms with Crippen molar-refractivity contribution in [3.63, 3.8) is 0 Å². The Morgan fingerprint density at radius 1 is 1.42 bits per heavy atom. The van der Waals surface area contributed by atoms with E-state index in [2.05, 4.69) is 0 Å². The molecule has 1 aliphatic heterocycles. The summed E-state index contributed by atoms with van der Waals surface area (Å²) in [5.74, 6) is -0.0795. The number of nitrogens with zero attached hydrogens (tertiary/aromatic N) is 1. The van der Waals surface area contributed by atoms with Crippen LogP contribution in [0.25, 0.3) is 0 Å². The summed E-state index contributed by atoms with van der Waals surface area (Å²) in [6, 6.07) is 0. The fourth-order valence-corrected chi connectivity index (χ4v) is 2.69. The van der Waals surface area contributed by atoms with Crippen LogP contribution in [0.3, 0.4) is 0 Å². The molecule has 0 aromatic heterocycles. The quantitative estimate of drug-likeness (QED) is 0.616. The van der Waals surface area contributed by atoms with Gasteiger partial charge in [-0.2, -0.15) is 0 Å². The van der Waals surface area contributed by atoms with Crippen LogP contribution in [0, 0.1) is 11.3 Å². The Morgan fingerprint density at radius 2 is 2.11 bits per heavy atom. The SMILES string of the molecule is CCCCOC(=O)C1(CC)CN(C(=O)O)CCC1C. The van der Waals surface area contributed by atoms with Crippen LogP contribution in [0.5, 0.6) is 0 Å². The number of likely N-dealkylation sites (tertiary alicyclic amines) is 1. The highest BCUT2D eigenvalue weighted by atomic mass is 16.5. The maximum absolute atomic E-state index is 12.4.